The summed E-state index contributed by atoms with van der Waals surface area (Å²) in [7, 11) is 1.66. The molecule has 0 aliphatic heterocycles. The average molecular weight is 411 g/mol. The number of thiophene rings is 1. The number of rotatable bonds is 3. The minimum absolute atomic E-state index is 0.104. The highest BCUT2D eigenvalue weighted by atomic mass is 79.9. The number of alkyl halides is 1. The Morgan fingerprint density at radius 2 is 2.00 bits per heavy atom. The molecule has 2 aromatic rings. The molecular formula is C13H11Br2ClOS. The summed E-state index contributed by atoms with van der Waals surface area (Å²) in [6, 6.07) is 7.84. The van der Waals surface area contributed by atoms with E-state index in [2.05, 4.69) is 44.8 Å². The van der Waals surface area contributed by atoms with E-state index in [9.17, 15) is 0 Å². The topological polar surface area (TPSA) is 9.23 Å². The average Bonchev–Trinajstić information content (AvgIpc) is 2.67. The van der Waals surface area contributed by atoms with E-state index in [0.717, 1.165) is 15.1 Å². The molecule has 96 valence electrons. The zero-order valence-corrected chi connectivity index (χ0v) is 14.6. The van der Waals surface area contributed by atoms with Crippen molar-refractivity contribution >= 4 is 54.8 Å². The van der Waals surface area contributed by atoms with Gasteiger partial charge in [0.25, 0.3) is 0 Å². The first-order chi connectivity index (χ1) is 8.52. The zero-order chi connectivity index (χ0) is 13.3. The molecule has 0 saturated carbocycles. The third-order valence-corrected chi connectivity index (χ3v) is 5.46. The Hall–Kier alpha value is -0.0300. The lowest BCUT2D eigenvalue weighted by Gasteiger charge is -2.14. The molecule has 18 heavy (non-hydrogen) atoms. The van der Waals surface area contributed by atoms with Crippen molar-refractivity contribution in [3.05, 3.63) is 49.1 Å². The van der Waals surface area contributed by atoms with Crippen LogP contribution in [0.5, 0.6) is 5.75 Å². The Morgan fingerprint density at radius 1 is 1.28 bits per heavy atom. The van der Waals surface area contributed by atoms with Crippen molar-refractivity contribution in [3.63, 3.8) is 0 Å². The van der Waals surface area contributed by atoms with Gasteiger partial charge in [-0.05, 0) is 46.6 Å². The van der Waals surface area contributed by atoms with E-state index in [0.29, 0.717) is 5.02 Å². The van der Waals surface area contributed by atoms with Crippen molar-refractivity contribution in [3.8, 4) is 5.75 Å². The number of hydrogen-bond acceptors (Lipinski definition) is 2. The van der Waals surface area contributed by atoms with Crippen LogP contribution in [0.4, 0.5) is 0 Å². The quantitative estimate of drug-likeness (QED) is 0.567. The van der Waals surface area contributed by atoms with Crippen LogP contribution in [0.3, 0.4) is 0 Å². The van der Waals surface area contributed by atoms with Gasteiger partial charge in [-0.1, -0.05) is 33.6 Å². The molecule has 0 radical (unpaired) electrons. The fraction of sp³-hybridized carbons (Fsp3) is 0.231. The monoisotopic (exact) mass is 408 g/mol. The van der Waals surface area contributed by atoms with E-state index in [4.69, 9.17) is 16.3 Å². The van der Waals surface area contributed by atoms with Crippen LogP contribution in [0.25, 0.3) is 0 Å². The summed E-state index contributed by atoms with van der Waals surface area (Å²) in [5.74, 6) is 0.797. The molecule has 0 aliphatic rings. The molecule has 0 aliphatic carbocycles. The fourth-order valence-corrected chi connectivity index (χ4v) is 4.69. The van der Waals surface area contributed by atoms with Crippen molar-refractivity contribution < 1.29 is 4.74 Å². The molecule has 1 heterocycles. The van der Waals surface area contributed by atoms with Gasteiger partial charge in [0.15, 0.2) is 0 Å². The summed E-state index contributed by atoms with van der Waals surface area (Å²) in [4.78, 5) is 1.38. The first-order valence-electron chi connectivity index (χ1n) is 5.26. The number of methoxy groups -OCH3 is 1. The van der Waals surface area contributed by atoms with Gasteiger partial charge in [0.05, 0.1) is 15.7 Å². The van der Waals surface area contributed by atoms with E-state index in [1.807, 2.05) is 18.2 Å². The second-order valence-electron chi connectivity index (χ2n) is 3.81. The van der Waals surface area contributed by atoms with E-state index in [1.165, 1.54) is 10.4 Å². The molecule has 0 spiro atoms. The van der Waals surface area contributed by atoms with Gasteiger partial charge in [-0.25, -0.2) is 0 Å². The Labute approximate surface area is 132 Å². The maximum atomic E-state index is 5.98. The SMILES string of the molecule is COc1cc(Cl)ccc1C(Br)c1cc(Br)sc1C. The number of benzene rings is 1. The maximum absolute atomic E-state index is 5.98. The third kappa shape index (κ3) is 2.93. The molecule has 1 aromatic carbocycles. The standard InChI is InChI=1S/C13H11Br2ClOS/c1-7-10(6-12(14)18-7)13(15)9-4-3-8(16)5-11(9)17-2/h3-6,13H,1-2H3. The van der Waals surface area contributed by atoms with Crippen LogP contribution in [-0.4, -0.2) is 7.11 Å². The van der Waals surface area contributed by atoms with Crippen LogP contribution in [0, 0.1) is 6.92 Å². The molecular weight excluding hydrogens is 399 g/mol. The van der Waals surface area contributed by atoms with Gasteiger partial charge in [-0.3, -0.25) is 0 Å². The highest BCUT2D eigenvalue weighted by Gasteiger charge is 2.19. The third-order valence-electron chi connectivity index (χ3n) is 2.67. The first-order valence-corrected chi connectivity index (χ1v) is 8.16. The van der Waals surface area contributed by atoms with Gasteiger partial charge in [-0.2, -0.15) is 0 Å². The van der Waals surface area contributed by atoms with E-state index < -0.39 is 0 Å². The summed E-state index contributed by atoms with van der Waals surface area (Å²) >= 11 is 15.0. The van der Waals surface area contributed by atoms with Crippen LogP contribution >= 0.6 is 54.8 Å². The van der Waals surface area contributed by atoms with Crippen LogP contribution < -0.4 is 4.74 Å². The molecule has 0 N–H and O–H groups in total. The van der Waals surface area contributed by atoms with Crippen LogP contribution in [0.15, 0.2) is 28.1 Å². The summed E-state index contributed by atoms with van der Waals surface area (Å²) in [5, 5.41) is 0.679. The molecule has 0 bridgehead atoms. The van der Waals surface area contributed by atoms with Crippen molar-refractivity contribution in [1.29, 1.82) is 0 Å². The minimum Gasteiger partial charge on any atom is -0.496 e. The van der Waals surface area contributed by atoms with Crippen LogP contribution in [0.2, 0.25) is 5.02 Å². The molecule has 1 atom stereocenters. The van der Waals surface area contributed by atoms with E-state index >= 15 is 0 Å². The summed E-state index contributed by atoms with van der Waals surface area (Å²) in [5.41, 5.74) is 2.32. The molecule has 5 heteroatoms. The molecule has 2 rings (SSSR count). The molecule has 0 saturated heterocycles. The first kappa shape index (κ1) is 14.4. The van der Waals surface area contributed by atoms with Crippen LogP contribution in [0.1, 0.15) is 20.8 Å². The van der Waals surface area contributed by atoms with E-state index in [1.54, 1.807) is 18.4 Å². The highest BCUT2D eigenvalue weighted by Crippen LogP contribution is 2.42. The largest absolute Gasteiger partial charge is 0.496 e. The van der Waals surface area contributed by atoms with Gasteiger partial charge >= 0.3 is 0 Å². The maximum Gasteiger partial charge on any atom is 0.125 e. The van der Waals surface area contributed by atoms with Gasteiger partial charge < -0.3 is 4.74 Å². The van der Waals surface area contributed by atoms with Crippen LogP contribution in [-0.2, 0) is 0 Å². The van der Waals surface area contributed by atoms with Crippen molar-refractivity contribution in [1.82, 2.24) is 0 Å². The number of ether oxygens (including phenoxy) is 1. The van der Waals surface area contributed by atoms with Crippen molar-refractivity contribution in [2.24, 2.45) is 0 Å². The number of hydrogen-bond donors (Lipinski definition) is 0. The molecule has 0 amide bonds. The Balaban J connectivity index is 2.45. The number of aryl methyl sites for hydroxylation is 1. The second-order valence-corrected chi connectivity index (χ2v) is 7.80. The molecule has 1 aromatic heterocycles. The highest BCUT2D eigenvalue weighted by molar-refractivity contribution is 9.11. The summed E-state index contributed by atoms with van der Waals surface area (Å²) < 4.78 is 6.52. The van der Waals surface area contributed by atoms with Crippen molar-refractivity contribution in [2.75, 3.05) is 7.11 Å². The summed E-state index contributed by atoms with van der Waals surface area (Å²) in [6.45, 7) is 2.11. The van der Waals surface area contributed by atoms with Gasteiger partial charge in [0.2, 0.25) is 0 Å². The molecule has 1 nitrogen and oxygen atoms in total. The van der Waals surface area contributed by atoms with E-state index in [-0.39, 0.29) is 4.83 Å². The Kier molecular flexibility index (Phi) is 4.75. The second kappa shape index (κ2) is 5.95. The predicted octanol–water partition coefficient (Wildman–Crippen LogP) is 5.97. The smallest absolute Gasteiger partial charge is 0.125 e. The zero-order valence-electron chi connectivity index (χ0n) is 9.84. The normalized spacial score (nSPS) is 12.5. The van der Waals surface area contributed by atoms with Gasteiger partial charge in [0, 0.05) is 15.5 Å². The molecule has 1 unspecified atom stereocenters. The summed E-state index contributed by atoms with van der Waals surface area (Å²) in [6.07, 6.45) is 0. The lowest BCUT2D eigenvalue weighted by molar-refractivity contribution is 0.410. The minimum atomic E-state index is 0.104. The Bertz CT molecular complexity index is 568. The lowest BCUT2D eigenvalue weighted by Crippen LogP contribution is -1.97. The lowest BCUT2D eigenvalue weighted by atomic mass is 10.0. The van der Waals surface area contributed by atoms with Gasteiger partial charge in [0.1, 0.15) is 5.75 Å². The fourth-order valence-electron chi connectivity index (χ4n) is 1.77. The predicted molar refractivity (Wildman–Crippen MR) is 85.5 cm³/mol. The number of halogens is 3. The Morgan fingerprint density at radius 3 is 2.56 bits per heavy atom. The molecule has 0 fully saturated rings. The van der Waals surface area contributed by atoms with Crippen molar-refractivity contribution in [2.45, 2.75) is 11.8 Å². The van der Waals surface area contributed by atoms with Gasteiger partial charge in [-0.15, -0.1) is 11.3 Å².